The molecule has 0 atom stereocenters. The van der Waals surface area contributed by atoms with Gasteiger partial charge in [0.1, 0.15) is 5.75 Å². The van der Waals surface area contributed by atoms with Gasteiger partial charge in [-0.05, 0) is 34.9 Å². The Bertz CT molecular complexity index is 607. The van der Waals surface area contributed by atoms with Crippen LogP contribution in [0.5, 0.6) is 5.75 Å². The van der Waals surface area contributed by atoms with Crippen molar-refractivity contribution in [2.24, 2.45) is 0 Å². The Labute approximate surface area is 126 Å². The maximum atomic E-state index is 12.0. The van der Waals surface area contributed by atoms with Crippen molar-refractivity contribution in [1.82, 2.24) is 5.32 Å². The largest absolute Gasteiger partial charge is 0.497 e. The summed E-state index contributed by atoms with van der Waals surface area (Å²) in [7, 11) is 1.66. The lowest BCUT2D eigenvalue weighted by atomic mass is 10.0. The summed E-state index contributed by atoms with van der Waals surface area (Å²) in [6.45, 7) is 2.92. The molecule has 0 aliphatic heterocycles. The summed E-state index contributed by atoms with van der Waals surface area (Å²) in [5.41, 5.74) is 1.04. The lowest BCUT2D eigenvalue weighted by Gasteiger charge is -2.09. The van der Waals surface area contributed by atoms with Crippen LogP contribution in [0.3, 0.4) is 0 Å². The minimum Gasteiger partial charge on any atom is -0.497 e. The number of carbonyl (C=O) groups is 1. The number of hydrogen-bond acceptors (Lipinski definition) is 2. The van der Waals surface area contributed by atoms with Gasteiger partial charge in [-0.25, -0.2) is 0 Å². The second-order valence-corrected chi connectivity index (χ2v) is 5.24. The number of rotatable bonds is 7. The van der Waals surface area contributed by atoms with Gasteiger partial charge in [-0.15, -0.1) is 0 Å². The van der Waals surface area contributed by atoms with Crippen molar-refractivity contribution < 1.29 is 9.53 Å². The summed E-state index contributed by atoms with van der Waals surface area (Å²) in [4.78, 5) is 12.0. The molecule has 0 saturated carbocycles. The van der Waals surface area contributed by atoms with Gasteiger partial charge >= 0.3 is 0 Å². The maximum Gasteiger partial charge on any atom is 0.224 e. The van der Waals surface area contributed by atoms with Crippen LogP contribution in [0.2, 0.25) is 0 Å². The maximum absolute atomic E-state index is 12.0. The molecule has 21 heavy (non-hydrogen) atoms. The van der Waals surface area contributed by atoms with E-state index in [0.717, 1.165) is 41.5 Å². The van der Waals surface area contributed by atoms with Crippen molar-refractivity contribution in [3.05, 3.63) is 42.0 Å². The molecule has 2 aromatic carbocycles. The molecule has 0 heterocycles. The van der Waals surface area contributed by atoms with E-state index in [4.69, 9.17) is 4.74 Å². The zero-order chi connectivity index (χ0) is 15.1. The van der Waals surface area contributed by atoms with Crippen LogP contribution in [0.1, 0.15) is 31.7 Å². The minimum atomic E-state index is 0.0847. The molecule has 3 nitrogen and oxygen atoms in total. The molecule has 0 saturated heterocycles. The van der Waals surface area contributed by atoms with Gasteiger partial charge in [-0.3, -0.25) is 4.79 Å². The highest BCUT2D eigenvalue weighted by molar-refractivity contribution is 5.91. The van der Waals surface area contributed by atoms with Crippen LogP contribution >= 0.6 is 0 Å². The molecule has 112 valence electrons. The number of nitrogens with one attached hydrogen (secondary N) is 1. The Balaban J connectivity index is 2.08. The van der Waals surface area contributed by atoms with Gasteiger partial charge in [0.2, 0.25) is 5.91 Å². The van der Waals surface area contributed by atoms with E-state index < -0.39 is 0 Å². The van der Waals surface area contributed by atoms with Crippen LogP contribution in [-0.2, 0) is 11.2 Å². The number of hydrogen-bond donors (Lipinski definition) is 1. The number of carbonyl (C=O) groups excluding carboxylic acids is 1. The fraction of sp³-hybridized carbons (Fsp3) is 0.389. The normalized spacial score (nSPS) is 10.6. The Morgan fingerprint density at radius 3 is 2.81 bits per heavy atom. The molecule has 0 spiro atoms. The second-order valence-electron chi connectivity index (χ2n) is 5.24. The van der Waals surface area contributed by atoms with Crippen LogP contribution in [0.15, 0.2) is 36.4 Å². The van der Waals surface area contributed by atoms with Crippen LogP contribution in [-0.4, -0.2) is 19.6 Å². The highest BCUT2D eigenvalue weighted by Gasteiger charge is 2.07. The standard InChI is InChI=1S/C18H23NO2/c1-3-4-5-11-19-18(20)12-15-8-6-7-14-9-10-16(21-2)13-17(14)15/h6-10,13H,3-5,11-12H2,1-2H3,(H,19,20). The van der Waals surface area contributed by atoms with E-state index in [1.54, 1.807) is 7.11 Å². The smallest absolute Gasteiger partial charge is 0.224 e. The first kappa shape index (κ1) is 15.4. The first-order valence-corrected chi connectivity index (χ1v) is 7.57. The SMILES string of the molecule is CCCCCNC(=O)Cc1cccc2ccc(OC)cc12. The summed E-state index contributed by atoms with van der Waals surface area (Å²) in [6.07, 6.45) is 3.78. The molecule has 1 N–H and O–H groups in total. The van der Waals surface area contributed by atoms with Crippen LogP contribution in [0.4, 0.5) is 0 Å². The number of amides is 1. The zero-order valence-electron chi connectivity index (χ0n) is 12.8. The Morgan fingerprint density at radius 1 is 1.19 bits per heavy atom. The molecular formula is C18H23NO2. The molecule has 3 heteroatoms. The molecule has 0 radical (unpaired) electrons. The fourth-order valence-corrected chi connectivity index (χ4v) is 2.44. The molecule has 2 aromatic rings. The lowest BCUT2D eigenvalue weighted by molar-refractivity contribution is -0.120. The summed E-state index contributed by atoms with van der Waals surface area (Å²) in [5.74, 6) is 0.903. The summed E-state index contributed by atoms with van der Waals surface area (Å²) in [5, 5.41) is 5.20. The minimum absolute atomic E-state index is 0.0847. The van der Waals surface area contributed by atoms with Gasteiger partial charge in [-0.1, -0.05) is 44.0 Å². The van der Waals surface area contributed by atoms with E-state index in [2.05, 4.69) is 18.3 Å². The number of ether oxygens (including phenoxy) is 1. The second kappa shape index (κ2) is 7.67. The van der Waals surface area contributed by atoms with Gasteiger partial charge in [-0.2, -0.15) is 0 Å². The Kier molecular flexibility index (Phi) is 5.61. The van der Waals surface area contributed by atoms with Crippen molar-refractivity contribution >= 4 is 16.7 Å². The van der Waals surface area contributed by atoms with Crippen molar-refractivity contribution in [1.29, 1.82) is 0 Å². The molecule has 0 fully saturated rings. The Morgan fingerprint density at radius 2 is 2.05 bits per heavy atom. The van der Waals surface area contributed by atoms with Crippen LogP contribution in [0.25, 0.3) is 10.8 Å². The summed E-state index contributed by atoms with van der Waals surface area (Å²) in [6, 6.07) is 12.0. The predicted octanol–water partition coefficient (Wildman–Crippen LogP) is 3.70. The van der Waals surface area contributed by atoms with E-state index in [9.17, 15) is 4.79 Å². The monoisotopic (exact) mass is 285 g/mol. The average Bonchev–Trinajstić information content (AvgIpc) is 2.51. The molecule has 0 bridgehead atoms. The zero-order valence-corrected chi connectivity index (χ0v) is 12.8. The average molecular weight is 285 g/mol. The van der Waals surface area contributed by atoms with Gasteiger partial charge in [0, 0.05) is 6.54 Å². The molecule has 1 amide bonds. The third-order valence-corrected chi connectivity index (χ3v) is 3.63. The van der Waals surface area contributed by atoms with Crippen molar-refractivity contribution in [2.45, 2.75) is 32.6 Å². The number of benzene rings is 2. The van der Waals surface area contributed by atoms with E-state index in [1.165, 1.54) is 6.42 Å². The van der Waals surface area contributed by atoms with Crippen molar-refractivity contribution in [3.8, 4) is 5.75 Å². The number of methoxy groups -OCH3 is 1. The number of unbranched alkanes of at least 4 members (excludes halogenated alkanes) is 2. The summed E-state index contributed by atoms with van der Waals surface area (Å²) >= 11 is 0. The quantitative estimate of drug-likeness (QED) is 0.788. The summed E-state index contributed by atoms with van der Waals surface area (Å²) < 4.78 is 5.27. The van der Waals surface area contributed by atoms with E-state index in [1.807, 2.05) is 30.3 Å². The van der Waals surface area contributed by atoms with E-state index >= 15 is 0 Å². The van der Waals surface area contributed by atoms with Gasteiger partial charge < -0.3 is 10.1 Å². The third-order valence-electron chi connectivity index (χ3n) is 3.63. The molecular weight excluding hydrogens is 262 g/mol. The van der Waals surface area contributed by atoms with Crippen molar-refractivity contribution in [3.63, 3.8) is 0 Å². The highest BCUT2D eigenvalue weighted by atomic mass is 16.5. The van der Waals surface area contributed by atoms with E-state index in [0.29, 0.717) is 6.42 Å². The van der Waals surface area contributed by atoms with E-state index in [-0.39, 0.29) is 5.91 Å². The number of fused-ring (bicyclic) bond motifs is 1. The van der Waals surface area contributed by atoms with Gasteiger partial charge in [0.15, 0.2) is 0 Å². The van der Waals surface area contributed by atoms with Crippen molar-refractivity contribution in [2.75, 3.05) is 13.7 Å². The molecule has 0 aliphatic rings. The molecule has 0 unspecified atom stereocenters. The first-order valence-electron chi connectivity index (χ1n) is 7.57. The van der Waals surface area contributed by atoms with Crippen LogP contribution in [0, 0.1) is 0 Å². The third kappa shape index (κ3) is 4.22. The fourth-order valence-electron chi connectivity index (χ4n) is 2.44. The first-order chi connectivity index (χ1) is 10.2. The molecule has 2 rings (SSSR count). The topological polar surface area (TPSA) is 38.3 Å². The predicted molar refractivity (Wildman–Crippen MR) is 86.7 cm³/mol. The molecule has 0 aliphatic carbocycles. The van der Waals surface area contributed by atoms with Crippen LogP contribution < -0.4 is 10.1 Å². The van der Waals surface area contributed by atoms with Gasteiger partial charge in [0.05, 0.1) is 13.5 Å². The highest BCUT2D eigenvalue weighted by Crippen LogP contribution is 2.24. The van der Waals surface area contributed by atoms with Gasteiger partial charge in [0.25, 0.3) is 0 Å². The lowest BCUT2D eigenvalue weighted by Crippen LogP contribution is -2.26. The molecule has 0 aromatic heterocycles. The Hall–Kier alpha value is -2.03.